The first-order valence-electron chi connectivity index (χ1n) is 16.6. The number of carbonyl (C=O) groups excluding carboxylic acids is 1. The number of rotatable bonds is 6. The number of benzene rings is 1. The summed E-state index contributed by atoms with van der Waals surface area (Å²) in [5.74, 6) is 3.63. The van der Waals surface area contributed by atoms with Gasteiger partial charge in [0.1, 0.15) is 0 Å². The molecule has 1 aliphatic heterocycles. The molecule has 10 unspecified atom stereocenters. The highest BCUT2D eigenvalue weighted by molar-refractivity contribution is 5.76. The first kappa shape index (κ1) is 28.7. The Morgan fingerprint density at radius 2 is 1.62 bits per heavy atom. The fourth-order valence-corrected chi connectivity index (χ4v) is 10.9. The average Bonchev–Trinajstić information content (AvgIpc) is 3.31. The molecule has 1 aromatic carbocycles. The third kappa shape index (κ3) is 5.17. The van der Waals surface area contributed by atoms with Crippen LogP contribution in [-0.4, -0.2) is 64.3 Å². The third-order valence-corrected chi connectivity index (χ3v) is 13.2. The zero-order valence-electron chi connectivity index (χ0n) is 25.3. The molecule has 4 saturated carbocycles. The van der Waals surface area contributed by atoms with Gasteiger partial charge in [-0.2, -0.15) is 0 Å². The molecule has 5 aliphatic rings. The molecule has 5 fully saturated rings. The number of nitrogens with zero attached hydrogens (tertiary/aromatic N) is 2. The van der Waals surface area contributed by atoms with Gasteiger partial charge in [-0.25, -0.2) is 0 Å². The van der Waals surface area contributed by atoms with Gasteiger partial charge in [-0.05, 0) is 110 Å². The summed E-state index contributed by atoms with van der Waals surface area (Å²) in [6, 6.07) is 10.6. The predicted octanol–water partition coefficient (Wildman–Crippen LogP) is 5.74. The van der Waals surface area contributed by atoms with Gasteiger partial charge in [-0.15, -0.1) is 0 Å². The molecule has 10 atom stereocenters. The first-order valence-corrected chi connectivity index (χ1v) is 16.6. The second-order valence-electron chi connectivity index (χ2n) is 15.1. The standard InChI is InChI=1S/C35H54N2O3/c1-24(9-12-32(40)37-19-17-36(18-20-37)23-25-7-5-4-6-8-25)28-10-11-29-33-30(14-16-35(28,29)3)34(2)15-13-27(38)21-26(34)22-31(33)39/h4-8,24,26-31,33,38-39H,9-23H2,1-3H3. The number of carbonyl (C=O) groups is 1. The lowest BCUT2D eigenvalue weighted by Gasteiger charge is -2.62. The fourth-order valence-electron chi connectivity index (χ4n) is 10.9. The molecule has 0 spiro atoms. The summed E-state index contributed by atoms with van der Waals surface area (Å²) in [6.07, 6.45) is 10.1. The van der Waals surface area contributed by atoms with E-state index in [0.29, 0.717) is 47.8 Å². The van der Waals surface area contributed by atoms with E-state index in [9.17, 15) is 15.0 Å². The molecule has 5 heteroatoms. The van der Waals surface area contributed by atoms with Crippen LogP contribution in [0.5, 0.6) is 0 Å². The van der Waals surface area contributed by atoms with E-state index in [2.05, 4.69) is 60.9 Å². The molecule has 6 rings (SSSR count). The van der Waals surface area contributed by atoms with Gasteiger partial charge in [0.05, 0.1) is 12.2 Å². The Labute approximate surface area is 242 Å². The Kier molecular flexibility index (Phi) is 8.13. The van der Waals surface area contributed by atoms with Crippen LogP contribution in [0.3, 0.4) is 0 Å². The van der Waals surface area contributed by atoms with Crippen molar-refractivity contribution in [1.82, 2.24) is 9.80 Å². The lowest BCUT2D eigenvalue weighted by atomic mass is 9.43. The van der Waals surface area contributed by atoms with E-state index >= 15 is 0 Å². The molecular formula is C35H54N2O3. The van der Waals surface area contributed by atoms with Crippen molar-refractivity contribution in [3.05, 3.63) is 35.9 Å². The smallest absolute Gasteiger partial charge is 0.222 e. The van der Waals surface area contributed by atoms with E-state index in [1.807, 2.05) is 0 Å². The summed E-state index contributed by atoms with van der Waals surface area (Å²) in [5, 5.41) is 21.9. The summed E-state index contributed by atoms with van der Waals surface area (Å²) < 4.78 is 0. The van der Waals surface area contributed by atoms with Gasteiger partial charge in [-0.1, -0.05) is 51.1 Å². The fraction of sp³-hybridized carbons (Fsp3) is 0.800. The average molecular weight is 551 g/mol. The third-order valence-electron chi connectivity index (χ3n) is 13.2. The van der Waals surface area contributed by atoms with Gasteiger partial charge in [0.25, 0.3) is 0 Å². The van der Waals surface area contributed by atoms with Crippen LogP contribution in [0.4, 0.5) is 0 Å². The Balaban J connectivity index is 1.03. The Morgan fingerprint density at radius 1 is 0.925 bits per heavy atom. The maximum absolute atomic E-state index is 13.2. The van der Waals surface area contributed by atoms with Crippen molar-refractivity contribution in [2.24, 2.45) is 46.3 Å². The van der Waals surface area contributed by atoms with Crippen molar-refractivity contribution >= 4 is 5.91 Å². The highest BCUT2D eigenvalue weighted by Crippen LogP contribution is 2.68. The van der Waals surface area contributed by atoms with E-state index in [4.69, 9.17) is 0 Å². The largest absolute Gasteiger partial charge is 0.393 e. The van der Waals surface area contributed by atoms with Gasteiger partial charge < -0.3 is 15.1 Å². The van der Waals surface area contributed by atoms with E-state index in [-0.39, 0.29) is 23.0 Å². The molecule has 0 radical (unpaired) electrons. The normalized spacial score (nSPS) is 42.5. The van der Waals surface area contributed by atoms with Crippen LogP contribution in [0.15, 0.2) is 30.3 Å². The van der Waals surface area contributed by atoms with E-state index in [1.165, 1.54) is 31.2 Å². The molecule has 1 heterocycles. The van der Waals surface area contributed by atoms with Gasteiger partial charge in [0.15, 0.2) is 0 Å². The lowest BCUT2D eigenvalue weighted by molar-refractivity contribution is -0.174. The molecule has 1 amide bonds. The molecule has 0 aromatic heterocycles. The number of aliphatic hydroxyl groups is 2. The van der Waals surface area contributed by atoms with E-state index in [0.717, 1.165) is 64.8 Å². The molecule has 2 N–H and O–H groups in total. The van der Waals surface area contributed by atoms with Gasteiger partial charge in [0, 0.05) is 39.1 Å². The van der Waals surface area contributed by atoms with Crippen LogP contribution in [0.25, 0.3) is 0 Å². The van der Waals surface area contributed by atoms with Gasteiger partial charge in [-0.3, -0.25) is 9.69 Å². The lowest BCUT2D eigenvalue weighted by Crippen LogP contribution is -2.58. The monoisotopic (exact) mass is 550 g/mol. The zero-order valence-corrected chi connectivity index (χ0v) is 25.3. The van der Waals surface area contributed by atoms with Crippen molar-refractivity contribution < 1.29 is 15.0 Å². The summed E-state index contributed by atoms with van der Waals surface area (Å²) >= 11 is 0. The number of piperazine rings is 1. The van der Waals surface area contributed by atoms with Crippen LogP contribution in [0.1, 0.15) is 90.5 Å². The summed E-state index contributed by atoms with van der Waals surface area (Å²) in [7, 11) is 0. The molecule has 1 saturated heterocycles. The van der Waals surface area contributed by atoms with Crippen molar-refractivity contribution in [3.8, 4) is 0 Å². The highest BCUT2D eigenvalue weighted by Gasteiger charge is 2.62. The quantitative estimate of drug-likeness (QED) is 0.474. The summed E-state index contributed by atoms with van der Waals surface area (Å²) in [4.78, 5) is 17.8. The van der Waals surface area contributed by atoms with Gasteiger partial charge >= 0.3 is 0 Å². The van der Waals surface area contributed by atoms with Crippen LogP contribution in [0, 0.1) is 46.3 Å². The zero-order chi connectivity index (χ0) is 28.1. The molecular weight excluding hydrogens is 496 g/mol. The van der Waals surface area contributed by atoms with Crippen molar-refractivity contribution in [2.45, 2.75) is 104 Å². The van der Waals surface area contributed by atoms with Gasteiger partial charge in [0.2, 0.25) is 5.91 Å². The molecule has 222 valence electrons. The molecule has 4 aliphatic carbocycles. The Hall–Kier alpha value is -1.43. The Bertz CT molecular complexity index is 1020. The maximum atomic E-state index is 13.2. The van der Waals surface area contributed by atoms with E-state index < -0.39 is 0 Å². The van der Waals surface area contributed by atoms with Crippen molar-refractivity contribution in [2.75, 3.05) is 26.2 Å². The predicted molar refractivity (Wildman–Crippen MR) is 159 cm³/mol. The first-order chi connectivity index (χ1) is 19.2. The van der Waals surface area contributed by atoms with Crippen LogP contribution in [0.2, 0.25) is 0 Å². The van der Waals surface area contributed by atoms with E-state index in [1.54, 1.807) is 0 Å². The van der Waals surface area contributed by atoms with Crippen molar-refractivity contribution in [1.29, 1.82) is 0 Å². The van der Waals surface area contributed by atoms with Crippen LogP contribution >= 0.6 is 0 Å². The van der Waals surface area contributed by atoms with Crippen LogP contribution < -0.4 is 0 Å². The molecule has 1 aromatic rings. The minimum atomic E-state index is -0.214. The van der Waals surface area contributed by atoms with Crippen molar-refractivity contribution in [3.63, 3.8) is 0 Å². The highest BCUT2D eigenvalue weighted by atomic mass is 16.3. The minimum Gasteiger partial charge on any atom is -0.393 e. The topological polar surface area (TPSA) is 64.0 Å². The maximum Gasteiger partial charge on any atom is 0.222 e. The molecule has 0 bridgehead atoms. The SMILES string of the molecule is CC(CCC(=O)N1CCN(Cc2ccccc2)CC1)C1CCC2C3C(O)CC4CC(O)CCC4(C)C3CCC12C. The summed E-state index contributed by atoms with van der Waals surface area (Å²) in [6.45, 7) is 12.0. The number of fused-ring (bicyclic) bond motifs is 5. The second-order valence-corrected chi connectivity index (χ2v) is 15.1. The number of amides is 1. The Morgan fingerprint density at radius 3 is 2.38 bits per heavy atom. The number of hydrogen-bond donors (Lipinski definition) is 2. The molecule has 5 nitrogen and oxygen atoms in total. The van der Waals surface area contributed by atoms with Crippen LogP contribution in [-0.2, 0) is 11.3 Å². The number of aliphatic hydroxyl groups excluding tert-OH is 2. The molecule has 40 heavy (non-hydrogen) atoms. The number of hydrogen-bond acceptors (Lipinski definition) is 4. The second kappa shape index (κ2) is 11.3. The minimum absolute atomic E-state index is 0.173. The summed E-state index contributed by atoms with van der Waals surface area (Å²) in [5.41, 5.74) is 1.91.